The van der Waals surface area contributed by atoms with Crippen LogP contribution >= 0.6 is 22.7 Å². The Kier molecular flexibility index (Phi) is 7.60. The lowest BCUT2D eigenvalue weighted by atomic mass is 10.0. The number of rotatable bonds is 9. The smallest absolute Gasteiger partial charge is 0.247 e. The molecule has 4 rings (SSSR count). The quantitative estimate of drug-likeness (QED) is 0.470. The summed E-state index contributed by atoms with van der Waals surface area (Å²) in [6, 6.07) is 14.8. The third-order valence-electron chi connectivity index (χ3n) is 5.80. The van der Waals surface area contributed by atoms with Crippen LogP contribution in [-0.2, 0) is 22.6 Å². The zero-order chi connectivity index (χ0) is 22.3. The van der Waals surface area contributed by atoms with E-state index in [1.165, 1.54) is 0 Å². The molecule has 0 unspecified atom stereocenters. The summed E-state index contributed by atoms with van der Waals surface area (Å²) < 4.78 is 5.42. The molecule has 32 heavy (non-hydrogen) atoms. The Hall–Kier alpha value is -2.64. The highest BCUT2D eigenvalue weighted by molar-refractivity contribution is 7.10. The number of nitrogens with one attached hydrogen (secondary N) is 1. The van der Waals surface area contributed by atoms with Crippen molar-refractivity contribution >= 4 is 34.5 Å². The van der Waals surface area contributed by atoms with Crippen LogP contribution in [0.2, 0.25) is 0 Å². The molecule has 2 aromatic heterocycles. The first kappa shape index (κ1) is 22.6. The third-order valence-corrected chi connectivity index (χ3v) is 7.54. The molecular weight excluding hydrogens is 440 g/mol. The summed E-state index contributed by atoms with van der Waals surface area (Å²) >= 11 is 3.15. The number of nitrogens with zero attached hydrogens (tertiary/aromatic N) is 1. The maximum Gasteiger partial charge on any atom is 0.247 e. The first-order valence-electron chi connectivity index (χ1n) is 10.9. The van der Waals surface area contributed by atoms with Gasteiger partial charge in [0, 0.05) is 15.8 Å². The predicted molar refractivity (Wildman–Crippen MR) is 129 cm³/mol. The van der Waals surface area contributed by atoms with E-state index in [0.29, 0.717) is 12.3 Å². The highest BCUT2D eigenvalue weighted by atomic mass is 32.1. The number of methoxy groups -OCH3 is 1. The molecule has 0 aliphatic heterocycles. The van der Waals surface area contributed by atoms with Gasteiger partial charge < -0.3 is 15.0 Å². The van der Waals surface area contributed by atoms with Crippen LogP contribution < -0.4 is 10.1 Å². The first-order valence-corrected chi connectivity index (χ1v) is 12.7. The number of thiophene rings is 2. The van der Waals surface area contributed by atoms with Crippen molar-refractivity contribution in [3.05, 3.63) is 74.6 Å². The predicted octanol–water partition coefficient (Wildman–Crippen LogP) is 5.19. The maximum atomic E-state index is 13.6. The zero-order valence-corrected chi connectivity index (χ0v) is 19.8. The summed E-state index contributed by atoms with van der Waals surface area (Å²) in [5, 5.41) is 7.19. The van der Waals surface area contributed by atoms with E-state index >= 15 is 0 Å². The number of amides is 2. The van der Waals surface area contributed by atoms with Gasteiger partial charge in [-0.05, 0) is 53.4 Å². The SMILES string of the molecule is COc1cccc([C@@H](C(=O)NC2CCCC2)N(Cc2cccs2)C(=O)Cc2cccs2)c1. The zero-order valence-electron chi connectivity index (χ0n) is 18.2. The summed E-state index contributed by atoms with van der Waals surface area (Å²) in [5.74, 6) is 0.486. The molecule has 1 N–H and O–H groups in total. The second-order valence-corrected chi connectivity index (χ2v) is 10.1. The maximum absolute atomic E-state index is 13.6. The third kappa shape index (κ3) is 5.58. The Balaban J connectivity index is 1.69. The highest BCUT2D eigenvalue weighted by Gasteiger charge is 2.33. The van der Waals surface area contributed by atoms with Crippen molar-refractivity contribution in [3.8, 4) is 5.75 Å². The summed E-state index contributed by atoms with van der Waals surface area (Å²) in [6.45, 7) is 0.391. The van der Waals surface area contributed by atoms with Crippen LogP contribution in [0.3, 0.4) is 0 Å². The van der Waals surface area contributed by atoms with Crippen molar-refractivity contribution in [2.75, 3.05) is 7.11 Å². The van der Waals surface area contributed by atoms with Crippen LogP contribution in [0.25, 0.3) is 0 Å². The Morgan fingerprint density at radius 2 is 1.78 bits per heavy atom. The van der Waals surface area contributed by atoms with Gasteiger partial charge in [0.2, 0.25) is 11.8 Å². The van der Waals surface area contributed by atoms with Crippen LogP contribution in [0.1, 0.15) is 47.0 Å². The van der Waals surface area contributed by atoms with Crippen molar-refractivity contribution in [2.45, 2.75) is 50.7 Å². The van der Waals surface area contributed by atoms with E-state index < -0.39 is 6.04 Å². The molecule has 5 nitrogen and oxygen atoms in total. The number of carbonyl (C=O) groups is 2. The molecule has 3 aromatic rings. The fourth-order valence-corrected chi connectivity index (χ4v) is 5.59. The van der Waals surface area contributed by atoms with Gasteiger partial charge in [-0.1, -0.05) is 37.1 Å². The highest BCUT2D eigenvalue weighted by Crippen LogP contribution is 2.30. The molecule has 1 aliphatic rings. The van der Waals surface area contributed by atoms with Gasteiger partial charge in [-0.15, -0.1) is 22.7 Å². The minimum Gasteiger partial charge on any atom is -0.497 e. The van der Waals surface area contributed by atoms with Gasteiger partial charge in [0.25, 0.3) is 0 Å². The second kappa shape index (κ2) is 10.8. The molecular formula is C25H28N2O3S2. The summed E-state index contributed by atoms with van der Waals surface area (Å²) in [5.41, 5.74) is 0.760. The number of ether oxygens (including phenoxy) is 1. The van der Waals surface area contributed by atoms with E-state index in [4.69, 9.17) is 4.74 Å². The average Bonchev–Trinajstić information content (AvgIpc) is 3.58. The lowest BCUT2D eigenvalue weighted by molar-refractivity contribution is -0.141. The molecule has 1 aromatic carbocycles. The van der Waals surface area contributed by atoms with Gasteiger partial charge in [-0.25, -0.2) is 0 Å². The molecule has 1 atom stereocenters. The van der Waals surface area contributed by atoms with Gasteiger partial charge in [-0.2, -0.15) is 0 Å². The first-order chi connectivity index (χ1) is 15.6. The van der Waals surface area contributed by atoms with Crippen molar-refractivity contribution in [2.24, 2.45) is 0 Å². The van der Waals surface area contributed by atoms with E-state index in [0.717, 1.165) is 41.0 Å². The van der Waals surface area contributed by atoms with E-state index in [1.807, 2.05) is 59.3 Å². The standard InChI is InChI=1S/C25H28N2O3S2/c1-30-20-10-4-7-18(15-20)24(25(29)26-19-8-2-3-9-19)27(17-22-12-6-14-32-22)23(28)16-21-11-5-13-31-21/h4-7,10-15,19,24H,2-3,8-9,16-17H2,1H3,(H,26,29)/t24-/m0/s1. The molecule has 1 aliphatic carbocycles. The largest absolute Gasteiger partial charge is 0.497 e. The van der Waals surface area contributed by atoms with Gasteiger partial charge in [0.15, 0.2) is 0 Å². The van der Waals surface area contributed by atoms with Gasteiger partial charge in [-0.3, -0.25) is 9.59 Å². The van der Waals surface area contributed by atoms with Crippen molar-refractivity contribution < 1.29 is 14.3 Å². The number of hydrogen-bond acceptors (Lipinski definition) is 5. The van der Waals surface area contributed by atoms with E-state index in [-0.39, 0.29) is 24.3 Å². The molecule has 0 radical (unpaired) electrons. The monoisotopic (exact) mass is 468 g/mol. The fourth-order valence-electron chi connectivity index (χ4n) is 4.19. The van der Waals surface area contributed by atoms with Crippen molar-refractivity contribution in [1.82, 2.24) is 10.2 Å². The normalized spacial score (nSPS) is 14.8. The molecule has 0 spiro atoms. The van der Waals surface area contributed by atoms with Gasteiger partial charge in [0.05, 0.1) is 20.1 Å². The van der Waals surface area contributed by atoms with Crippen LogP contribution in [0.5, 0.6) is 5.75 Å². The Morgan fingerprint density at radius 1 is 1.06 bits per heavy atom. The second-order valence-electron chi connectivity index (χ2n) is 8.03. The molecule has 7 heteroatoms. The summed E-state index contributed by atoms with van der Waals surface area (Å²) in [7, 11) is 1.61. The Bertz CT molecular complexity index is 1010. The van der Waals surface area contributed by atoms with Crippen molar-refractivity contribution in [1.29, 1.82) is 0 Å². The number of benzene rings is 1. The van der Waals surface area contributed by atoms with Crippen LogP contribution in [0.15, 0.2) is 59.3 Å². The average molecular weight is 469 g/mol. The minimum absolute atomic E-state index is 0.0600. The molecule has 168 valence electrons. The van der Waals surface area contributed by atoms with Crippen LogP contribution in [0, 0.1) is 0 Å². The molecule has 2 heterocycles. The molecule has 2 amide bonds. The Labute approximate surface area is 197 Å². The van der Waals surface area contributed by atoms with Crippen LogP contribution in [-0.4, -0.2) is 29.9 Å². The van der Waals surface area contributed by atoms with Gasteiger partial charge >= 0.3 is 0 Å². The molecule has 0 saturated heterocycles. The Morgan fingerprint density at radius 3 is 2.44 bits per heavy atom. The lowest BCUT2D eigenvalue weighted by Gasteiger charge is -2.32. The fraction of sp³-hybridized carbons (Fsp3) is 0.360. The van der Waals surface area contributed by atoms with E-state index in [2.05, 4.69) is 5.32 Å². The minimum atomic E-state index is -0.722. The molecule has 1 fully saturated rings. The number of carbonyl (C=O) groups excluding carboxylic acids is 2. The molecule has 0 bridgehead atoms. The van der Waals surface area contributed by atoms with Crippen molar-refractivity contribution in [3.63, 3.8) is 0 Å². The summed E-state index contributed by atoms with van der Waals surface area (Å²) in [4.78, 5) is 31.0. The lowest BCUT2D eigenvalue weighted by Crippen LogP contribution is -2.46. The number of hydrogen-bond donors (Lipinski definition) is 1. The van der Waals surface area contributed by atoms with Gasteiger partial charge in [0.1, 0.15) is 11.8 Å². The summed E-state index contributed by atoms with van der Waals surface area (Å²) in [6.07, 6.45) is 4.52. The van der Waals surface area contributed by atoms with Crippen LogP contribution in [0.4, 0.5) is 0 Å². The topological polar surface area (TPSA) is 58.6 Å². The van der Waals surface area contributed by atoms with E-state index in [1.54, 1.807) is 34.7 Å². The molecule has 1 saturated carbocycles. The van der Waals surface area contributed by atoms with E-state index in [9.17, 15) is 9.59 Å².